The molecule has 1 aromatic rings. The summed E-state index contributed by atoms with van der Waals surface area (Å²) in [5.41, 5.74) is -0.893. The number of hydrogen-bond donors (Lipinski definition) is 0. The minimum absolute atomic E-state index is 0.0455. The molecule has 0 aliphatic heterocycles. The molecule has 0 N–H and O–H groups in total. The molecule has 1 aromatic heterocycles. The zero-order valence-corrected chi connectivity index (χ0v) is 9.46. The van der Waals surface area contributed by atoms with Gasteiger partial charge in [-0.15, -0.1) is 0 Å². The Morgan fingerprint density at radius 3 is 2.82 bits per heavy atom. The van der Waals surface area contributed by atoms with Crippen LogP contribution in [0.25, 0.3) is 0 Å². The highest BCUT2D eigenvalue weighted by Crippen LogP contribution is 2.32. The van der Waals surface area contributed by atoms with E-state index >= 15 is 0 Å². The van der Waals surface area contributed by atoms with Gasteiger partial charge in [-0.1, -0.05) is 11.6 Å². The molecular weight excluding hydrogens is 254 g/mol. The number of esters is 1. The molecule has 0 saturated heterocycles. The van der Waals surface area contributed by atoms with Gasteiger partial charge < -0.3 is 4.74 Å². The highest BCUT2D eigenvalue weighted by Gasteiger charge is 2.22. The number of alkyl halides is 2. The lowest BCUT2D eigenvalue weighted by Gasteiger charge is -2.10. The van der Waals surface area contributed by atoms with Crippen LogP contribution < -0.4 is 0 Å². The second kappa shape index (κ2) is 5.55. The summed E-state index contributed by atoms with van der Waals surface area (Å²) in [5.74, 6) is -0.686. The number of halogens is 3. The van der Waals surface area contributed by atoms with E-state index in [4.69, 9.17) is 16.9 Å². The standard InChI is InChI=1S/C10H7ClF2N2O2/c1-17-7(16)2-5-4-15-6(3-14)9(11)8(5)10(12)13/h4,10H,2H2,1H3. The molecular formula is C10H7ClF2N2O2. The molecule has 0 radical (unpaired) electrons. The molecule has 4 nitrogen and oxygen atoms in total. The van der Waals surface area contributed by atoms with E-state index in [1.807, 2.05) is 0 Å². The van der Waals surface area contributed by atoms with Gasteiger partial charge in [-0.2, -0.15) is 5.26 Å². The van der Waals surface area contributed by atoms with Crippen LogP contribution in [0.5, 0.6) is 0 Å². The van der Waals surface area contributed by atoms with E-state index in [-0.39, 0.29) is 17.7 Å². The first-order valence-corrected chi connectivity index (χ1v) is 4.81. The lowest BCUT2D eigenvalue weighted by Crippen LogP contribution is -2.09. The molecule has 0 amide bonds. The molecule has 0 atom stereocenters. The zero-order chi connectivity index (χ0) is 13.0. The summed E-state index contributed by atoms with van der Waals surface area (Å²) in [5, 5.41) is 8.18. The van der Waals surface area contributed by atoms with Gasteiger partial charge in [0.25, 0.3) is 6.43 Å². The summed E-state index contributed by atoms with van der Waals surface area (Å²) >= 11 is 5.62. The van der Waals surface area contributed by atoms with E-state index in [9.17, 15) is 13.6 Å². The fourth-order valence-electron chi connectivity index (χ4n) is 1.22. The molecule has 0 spiro atoms. The lowest BCUT2D eigenvalue weighted by atomic mass is 10.1. The van der Waals surface area contributed by atoms with Crippen molar-refractivity contribution >= 4 is 17.6 Å². The molecule has 0 aliphatic rings. The number of nitrogens with zero attached hydrogens (tertiary/aromatic N) is 2. The van der Waals surface area contributed by atoms with Crippen molar-refractivity contribution in [3.63, 3.8) is 0 Å². The smallest absolute Gasteiger partial charge is 0.310 e. The molecule has 7 heteroatoms. The Labute approximate surface area is 101 Å². The van der Waals surface area contributed by atoms with Crippen LogP contribution in [0, 0.1) is 11.3 Å². The number of nitriles is 1. The highest BCUT2D eigenvalue weighted by atomic mass is 35.5. The Kier molecular flexibility index (Phi) is 4.35. The summed E-state index contributed by atoms with van der Waals surface area (Å²) < 4.78 is 29.9. The number of hydrogen-bond acceptors (Lipinski definition) is 4. The Morgan fingerprint density at radius 1 is 1.71 bits per heavy atom. The quantitative estimate of drug-likeness (QED) is 0.782. The van der Waals surface area contributed by atoms with Crippen molar-refractivity contribution in [1.82, 2.24) is 4.98 Å². The Morgan fingerprint density at radius 2 is 2.35 bits per heavy atom. The van der Waals surface area contributed by atoms with E-state index in [0.29, 0.717) is 0 Å². The van der Waals surface area contributed by atoms with E-state index in [0.717, 1.165) is 13.3 Å². The average molecular weight is 261 g/mol. The minimum atomic E-state index is -2.89. The maximum atomic E-state index is 12.8. The van der Waals surface area contributed by atoms with E-state index in [1.54, 1.807) is 6.07 Å². The third-order valence-electron chi connectivity index (χ3n) is 2.03. The Bertz CT molecular complexity index is 486. The molecule has 1 heterocycles. The van der Waals surface area contributed by atoms with Crippen molar-refractivity contribution in [3.8, 4) is 6.07 Å². The zero-order valence-electron chi connectivity index (χ0n) is 8.71. The molecule has 0 saturated carbocycles. The van der Waals surface area contributed by atoms with Gasteiger partial charge in [0.2, 0.25) is 0 Å². The summed E-state index contributed by atoms with van der Waals surface area (Å²) in [6, 6.07) is 1.59. The minimum Gasteiger partial charge on any atom is -0.469 e. The van der Waals surface area contributed by atoms with Crippen molar-refractivity contribution in [1.29, 1.82) is 5.26 Å². The number of methoxy groups -OCH3 is 1. The van der Waals surface area contributed by atoms with Crippen LogP contribution in [-0.4, -0.2) is 18.1 Å². The predicted octanol–water partition coefficient (Wildman–Crippen LogP) is 2.26. The fourth-order valence-corrected chi connectivity index (χ4v) is 1.51. The first-order chi connectivity index (χ1) is 8.01. The number of aromatic nitrogens is 1. The van der Waals surface area contributed by atoms with Crippen LogP contribution in [0.15, 0.2) is 6.20 Å². The van der Waals surface area contributed by atoms with E-state index < -0.39 is 23.0 Å². The SMILES string of the molecule is COC(=O)Cc1cnc(C#N)c(Cl)c1C(F)F. The number of carbonyl (C=O) groups excluding carboxylic acids is 1. The molecule has 17 heavy (non-hydrogen) atoms. The van der Waals surface area contributed by atoms with Gasteiger partial charge in [0.15, 0.2) is 5.69 Å². The largest absolute Gasteiger partial charge is 0.469 e. The van der Waals surface area contributed by atoms with Crippen LogP contribution >= 0.6 is 11.6 Å². The third-order valence-corrected chi connectivity index (χ3v) is 2.41. The van der Waals surface area contributed by atoms with Crippen LogP contribution in [0.2, 0.25) is 5.02 Å². The normalized spacial score (nSPS) is 10.1. The van der Waals surface area contributed by atoms with Crippen molar-refractivity contribution in [3.05, 3.63) is 28.0 Å². The average Bonchev–Trinajstić information content (AvgIpc) is 2.28. The van der Waals surface area contributed by atoms with Gasteiger partial charge in [0.1, 0.15) is 6.07 Å². The predicted molar refractivity (Wildman–Crippen MR) is 54.6 cm³/mol. The Hall–Kier alpha value is -1.74. The second-order valence-electron chi connectivity index (χ2n) is 3.03. The Balaban J connectivity index is 3.27. The first kappa shape index (κ1) is 13.3. The molecule has 0 unspecified atom stereocenters. The second-order valence-corrected chi connectivity index (χ2v) is 3.40. The van der Waals surface area contributed by atoms with Crippen molar-refractivity contribution in [2.75, 3.05) is 7.11 Å². The number of carbonyl (C=O) groups is 1. The lowest BCUT2D eigenvalue weighted by molar-refractivity contribution is -0.139. The molecule has 0 bridgehead atoms. The monoisotopic (exact) mass is 260 g/mol. The molecule has 1 rings (SSSR count). The van der Waals surface area contributed by atoms with Crippen molar-refractivity contribution in [2.45, 2.75) is 12.8 Å². The first-order valence-electron chi connectivity index (χ1n) is 4.43. The van der Waals surface area contributed by atoms with Gasteiger partial charge in [0, 0.05) is 11.8 Å². The molecule has 0 aliphatic carbocycles. The van der Waals surface area contributed by atoms with Crippen LogP contribution in [0.4, 0.5) is 8.78 Å². The molecule has 90 valence electrons. The van der Waals surface area contributed by atoms with E-state index in [2.05, 4.69) is 9.72 Å². The van der Waals surface area contributed by atoms with Gasteiger partial charge in [-0.25, -0.2) is 13.8 Å². The van der Waals surface area contributed by atoms with Gasteiger partial charge in [-0.05, 0) is 5.56 Å². The number of ether oxygens (including phenoxy) is 1. The van der Waals surface area contributed by atoms with Crippen molar-refractivity contribution in [2.24, 2.45) is 0 Å². The van der Waals surface area contributed by atoms with Gasteiger partial charge in [-0.3, -0.25) is 4.79 Å². The van der Waals surface area contributed by atoms with Crippen LogP contribution in [0.1, 0.15) is 23.2 Å². The number of rotatable bonds is 3. The fraction of sp³-hybridized carbons (Fsp3) is 0.300. The van der Waals surface area contributed by atoms with E-state index in [1.165, 1.54) is 0 Å². The topological polar surface area (TPSA) is 63.0 Å². The molecule has 0 aromatic carbocycles. The summed E-state index contributed by atoms with van der Waals surface area (Å²) in [4.78, 5) is 14.6. The number of pyridine rings is 1. The summed E-state index contributed by atoms with van der Waals surface area (Å²) in [6.07, 6.45) is -2.23. The summed E-state index contributed by atoms with van der Waals surface area (Å²) in [6.45, 7) is 0. The van der Waals surface area contributed by atoms with Crippen LogP contribution in [-0.2, 0) is 16.0 Å². The maximum Gasteiger partial charge on any atom is 0.310 e. The molecule has 0 fully saturated rings. The van der Waals surface area contributed by atoms with Crippen LogP contribution in [0.3, 0.4) is 0 Å². The van der Waals surface area contributed by atoms with Gasteiger partial charge >= 0.3 is 5.97 Å². The van der Waals surface area contributed by atoms with Gasteiger partial charge in [0.05, 0.1) is 18.6 Å². The summed E-state index contributed by atoms with van der Waals surface area (Å²) in [7, 11) is 1.14. The highest BCUT2D eigenvalue weighted by molar-refractivity contribution is 6.32. The third kappa shape index (κ3) is 2.88. The van der Waals surface area contributed by atoms with Crippen molar-refractivity contribution < 1.29 is 18.3 Å². The maximum absolute atomic E-state index is 12.8.